The molecule has 0 bridgehead atoms. The molecule has 200 valence electrons. The van der Waals surface area contributed by atoms with E-state index < -0.39 is 0 Å². The fourth-order valence-corrected chi connectivity index (χ4v) is 5.80. The van der Waals surface area contributed by atoms with Crippen molar-refractivity contribution in [1.82, 2.24) is 19.5 Å². The molecule has 0 amide bonds. The van der Waals surface area contributed by atoms with Gasteiger partial charge in [0.05, 0.1) is 22.3 Å². The van der Waals surface area contributed by atoms with E-state index in [4.69, 9.17) is 15.0 Å². The van der Waals surface area contributed by atoms with Gasteiger partial charge in [-0.15, -0.1) is 0 Å². The molecular formula is C38H23N5. The molecule has 2 heterocycles. The summed E-state index contributed by atoms with van der Waals surface area (Å²) in [6, 6.07) is 49.3. The molecule has 0 unspecified atom stereocenters. The Kier molecular flexibility index (Phi) is 5.77. The van der Waals surface area contributed by atoms with Crippen LogP contribution in [0.1, 0.15) is 5.56 Å². The highest BCUT2D eigenvalue weighted by molar-refractivity contribution is 6.13. The summed E-state index contributed by atoms with van der Waals surface area (Å²) in [5.41, 5.74) is 6.05. The van der Waals surface area contributed by atoms with Crippen molar-refractivity contribution >= 4 is 32.6 Å². The van der Waals surface area contributed by atoms with Gasteiger partial charge in [0.2, 0.25) is 0 Å². The van der Waals surface area contributed by atoms with E-state index in [1.807, 2.05) is 84.9 Å². The molecule has 43 heavy (non-hydrogen) atoms. The van der Waals surface area contributed by atoms with Crippen LogP contribution in [0.2, 0.25) is 0 Å². The first-order valence-electron chi connectivity index (χ1n) is 14.1. The summed E-state index contributed by atoms with van der Waals surface area (Å²) in [5, 5.41) is 14.9. The van der Waals surface area contributed by atoms with E-state index in [1.165, 1.54) is 5.39 Å². The van der Waals surface area contributed by atoms with Gasteiger partial charge < -0.3 is 4.57 Å². The van der Waals surface area contributed by atoms with Gasteiger partial charge in [0.1, 0.15) is 6.07 Å². The van der Waals surface area contributed by atoms with Gasteiger partial charge >= 0.3 is 0 Å². The summed E-state index contributed by atoms with van der Waals surface area (Å²) in [7, 11) is 0. The number of aromatic nitrogens is 4. The maximum Gasteiger partial charge on any atom is 0.164 e. The van der Waals surface area contributed by atoms with Crippen LogP contribution in [0.3, 0.4) is 0 Å². The molecule has 8 rings (SSSR count). The summed E-state index contributed by atoms with van der Waals surface area (Å²) < 4.78 is 2.19. The minimum atomic E-state index is 0.546. The number of para-hydroxylation sites is 1. The Bertz CT molecular complexity index is 2290. The van der Waals surface area contributed by atoms with E-state index in [0.717, 1.165) is 49.6 Å². The smallest absolute Gasteiger partial charge is 0.164 e. The third kappa shape index (κ3) is 4.21. The maximum absolute atomic E-state index is 10.3. The van der Waals surface area contributed by atoms with Gasteiger partial charge in [-0.25, -0.2) is 15.0 Å². The second-order valence-electron chi connectivity index (χ2n) is 10.5. The SMILES string of the molecule is N#Cc1ccc(-c2nc(-c3ccccc3)nc(-c3ccccc3)n2)cc1-n1c2ccccc2c2cc3ccccc3cc21. The molecule has 0 spiro atoms. The molecule has 5 heteroatoms. The summed E-state index contributed by atoms with van der Waals surface area (Å²) in [6.07, 6.45) is 0. The molecule has 2 aromatic heterocycles. The molecule has 6 aromatic carbocycles. The standard InChI is InChI=1S/C38H23N5/c39-24-30-20-19-29(38-41-36(25-11-3-1-4-12-25)40-37(42-38)26-13-5-2-6-14-26)23-34(30)43-33-18-10-9-17-31(33)32-21-27-15-7-8-16-28(27)22-35(32)43/h1-23H. The Morgan fingerprint density at radius 1 is 0.465 bits per heavy atom. The lowest BCUT2D eigenvalue weighted by Crippen LogP contribution is -2.02. The number of hydrogen-bond acceptors (Lipinski definition) is 4. The fourth-order valence-electron chi connectivity index (χ4n) is 5.80. The Morgan fingerprint density at radius 3 is 1.67 bits per heavy atom. The number of benzene rings is 6. The van der Waals surface area contributed by atoms with Crippen molar-refractivity contribution in [2.24, 2.45) is 0 Å². The summed E-state index contributed by atoms with van der Waals surface area (Å²) in [6.45, 7) is 0. The molecule has 0 saturated heterocycles. The highest BCUT2D eigenvalue weighted by Gasteiger charge is 2.18. The quantitative estimate of drug-likeness (QED) is 0.220. The highest BCUT2D eigenvalue weighted by atomic mass is 15.0. The Labute approximate surface area is 248 Å². The van der Waals surface area contributed by atoms with Crippen LogP contribution in [0.5, 0.6) is 0 Å². The first-order valence-corrected chi connectivity index (χ1v) is 14.1. The molecule has 0 aliphatic rings. The van der Waals surface area contributed by atoms with Gasteiger partial charge in [-0.05, 0) is 47.2 Å². The van der Waals surface area contributed by atoms with Crippen LogP contribution in [-0.2, 0) is 0 Å². The highest BCUT2D eigenvalue weighted by Crippen LogP contribution is 2.37. The van der Waals surface area contributed by atoms with Crippen LogP contribution in [0.4, 0.5) is 0 Å². The fraction of sp³-hybridized carbons (Fsp3) is 0. The third-order valence-electron chi connectivity index (χ3n) is 7.86. The molecule has 5 nitrogen and oxygen atoms in total. The molecule has 0 saturated carbocycles. The lowest BCUT2D eigenvalue weighted by molar-refractivity contribution is 1.07. The Hall–Kier alpha value is -6.12. The van der Waals surface area contributed by atoms with Crippen LogP contribution in [-0.4, -0.2) is 19.5 Å². The van der Waals surface area contributed by atoms with Crippen molar-refractivity contribution in [3.8, 4) is 45.9 Å². The predicted molar refractivity (Wildman–Crippen MR) is 173 cm³/mol. The maximum atomic E-state index is 10.3. The first-order chi connectivity index (χ1) is 21.3. The van der Waals surface area contributed by atoms with Crippen molar-refractivity contribution in [2.75, 3.05) is 0 Å². The number of nitrogens with zero attached hydrogens (tertiary/aromatic N) is 5. The van der Waals surface area contributed by atoms with Crippen molar-refractivity contribution in [3.63, 3.8) is 0 Å². The zero-order valence-corrected chi connectivity index (χ0v) is 23.0. The number of rotatable bonds is 4. The van der Waals surface area contributed by atoms with Crippen molar-refractivity contribution in [1.29, 1.82) is 5.26 Å². The van der Waals surface area contributed by atoms with Gasteiger partial charge in [0.15, 0.2) is 17.5 Å². The molecule has 0 atom stereocenters. The molecule has 0 aliphatic heterocycles. The monoisotopic (exact) mass is 549 g/mol. The van der Waals surface area contributed by atoms with Crippen LogP contribution in [0.15, 0.2) is 140 Å². The Morgan fingerprint density at radius 2 is 1.02 bits per heavy atom. The molecule has 0 fully saturated rings. The van der Waals surface area contributed by atoms with Gasteiger partial charge in [-0.3, -0.25) is 0 Å². The van der Waals surface area contributed by atoms with Gasteiger partial charge in [-0.2, -0.15) is 5.26 Å². The van der Waals surface area contributed by atoms with E-state index in [1.54, 1.807) is 0 Å². The average Bonchev–Trinajstić information content (AvgIpc) is 3.40. The van der Waals surface area contributed by atoms with E-state index in [0.29, 0.717) is 23.0 Å². The molecule has 0 N–H and O–H groups in total. The van der Waals surface area contributed by atoms with Crippen LogP contribution >= 0.6 is 0 Å². The summed E-state index contributed by atoms with van der Waals surface area (Å²) >= 11 is 0. The number of hydrogen-bond donors (Lipinski definition) is 0. The van der Waals surface area contributed by atoms with E-state index in [2.05, 4.69) is 65.2 Å². The van der Waals surface area contributed by atoms with Gasteiger partial charge in [0, 0.05) is 27.5 Å². The van der Waals surface area contributed by atoms with Crippen LogP contribution in [0, 0.1) is 11.3 Å². The molecule has 8 aromatic rings. The first kappa shape index (κ1) is 24.7. The third-order valence-corrected chi connectivity index (χ3v) is 7.86. The lowest BCUT2D eigenvalue weighted by Gasteiger charge is -2.13. The molecule has 0 radical (unpaired) electrons. The zero-order valence-electron chi connectivity index (χ0n) is 23.0. The second-order valence-corrected chi connectivity index (χ2v) is 10.5. The molecule has 0 aliphatic carbocycles. The van der Waals surface area contributed by atoms with Gasteiger partial charge in [-0.1, -0.05) is 103 Å². The van der Waals surface area contributed by atoms with Crippen LogP contribution in [0.25, 0.3) is 72.4 Å². The zero-order chi connectivity index (χ0) is 28.8. The van der Waals surface area contributed by atoms with E-state index in [9.17, 15) is 5.26 Å². The lowest BCUT2D eigenvalue weighted by atomic mass is 10.1. The summed E-state index contributed by atoms with van der Waals surface area (Å²) in [5.74, 6) is 1.74. The predicted octanol–water partition coefficient (Wildman–Crippen LogP) is 8.99. The minimum Gasteiger partial charge on any atom is -0.308 e. The molecular weight excluding hydrogens is 526 g/mol. The summed E-state index contributed by atoms with van der Waals surface area (Å²) in [4.78, 5) is 14.7. The minimum absolute atomic E-state index is 0.546. The van der Waals surface area contributed by atoms with Crippen molar-refractivity contribution < 1.29 is 0 Å². The van der Waals surface area contributed by atoms with Crippen molar-refractivity contribution in [2.45, 2.75) is 0 Å². The van der Waals surface area contributed by atoms with E-state index >= 15 is 0 Å². The average molecular weight is 550 g/mol. The number of nitriles is 1. The largest absolute Gasteiger partial charge is 0.308 e. The van der Waals surface area contributed by atoms with Gasteiger partial charge in [0.25, 0.3) is 0 Å². The van der Waals surface area contributed by atoms with Crippen molar-refractivity contribution in [3.05, 3.63) is 145 Å². The topological polar surface area (TPSA) is 67.4 Å². The van der Waals surface area contributed by atoms with E-state index in [-0.39, 0.29) is 0 Å². The normalized spacial score (nSPS) is 11.2. The number of fused-ring (bicyclic) bond motifs is 4. The second kappa shape index (κ2) is 10.1. The van der Waals surface area contributed by atoms with Crippen LogP contribution < -0.4 is 0 Å². The Balaban J connectivity index is 1.40.